The number of carbonyl (C=O) groups is 2. The normalized spacial score (nSPS) is 11.5. The lowest BCUT2D eigenvalue weighted by Gasteiger charge is -2.15. The van der Waals surface area contributed by atoms with Crippen molar-refractivity contribution >= 4 is 41.2 Å². The highest BCUT2D eigenvalue weighted by Crippen LogP contribution is 2.26. The molecule has 2 aromatic rings. The molecule has 7 heteroatoms. The molecule has 0 aliphatic heterocycles. The summed E-state index contributed by atoms with van der Waals surface area (Å²) in [5.74, 6) is -0.569. The average molecular weight is 368 g/mol. The molecule has 4 N–H and O–H groups in total. The van der Waals surface area contributed by atoms with Gasteiger partial charge in [0.15, 0.2) is 0 Å². The summed E-state index contributed by atoms with van der Waals surface area (Å²) in [4.78, 5) is 24.8. The third kappa shape index (κ3) is 5.63. The van der Waals surface area contributed by atoms with Crippen LogP contribution in [-0.2, 0) is 9.59 Å². The van der Waals surface area contributed by atoms with Gasteiger partial charge < -0.3 is 16.4 Å². The van der Waals surface area contributed by atoms with Crippen LogP contribution in [0, 0.1) is 5.92 Å². The zero-order valence-electron chi connectivity index (χ0n) is 13.6. The first-order valence-corrected chi connectivity index (χ1v) is 8.32. The van der Waals surface area contributed by atoms with Gasteiger partial charge in [-0.05, 0) is 35.1 Å². The zero-order valence-corrected chi connectivity index (χ0v) is 15.2. The van der Waals surface area contributed by atoms with E-state index in [0.29, 0.717) is 5.69 Å². The van der Waals surface area contributed by atoms with Crippen LogP contribution in [0.1, 0.15) is 13.8 Å². The Bertz CT molecular complexity index is 674. The highest BCUT2D eigenvalue weighted by molar-refractivity contribution is 7.13. The topological polar surface area (TPSA) is 84.2 Å². The number of thiophene rings is 1. The van der Waals surface area contributed by atoms with Gasteiger partial charge in [-0.1, -0.05) is 32.0 Å². The molecule has 0 fully saturated rings. The molecule has 24 heavy (non-hydrogen) atoms. The van der Waals surface area contributed by atoms with Gasteiger partial charge in [-0.3, -0.25) is 9.59 Å². The molecule has 5 nitrogen and oxygen atoms in total. The maximum atomic E-state index is 11.9. The maximum Gasteiger partial charge on any atom is 0.243 e. The van der Waals surface area contributed by atoms with Crippen molar-refractivity contribution in [3.63, 3.8) is 0 Å². The molecule has 0 bridgehead atoms. The summed E-state index contributed by atoms with van der Waals surface area (Å²) in [6.07, 6.45) is 0. The molecule has 1 aromatic heterocycles. The fraction of sp³-hybridized carbons (Fsp3) is 0.294. The third-order valence-corrected chi connectivity index (χ3v) is 4.32. The van der Waals surface area contributed by atoms with Crippen LogP contribution in [0.3, 0.4) is 0 Å². The molecule has 130 valence electrons. The molecule has 0 saturated heterocycles. The first-order chi connectivity index (χ1) is 11.0. The lowest BCUT2D eigenvalue weighted by molar-refractivity contribution is -0.125. The smallest absolute Gasteiger partial charge is 0.243 e. The van der Waals surface area contributed by atoms with Crippen molar-refractivity contribution in [2.45, 2.75) is 19.9 Å². The third-order valence-electron chi connectivity index (χ3n) is 3.40. The number of benzene rings is 1. The van der Waals surface area contributed by atoms with E-state index >= 15 is 0 Å². The van der Waals surface area contributed by atoms with Crippen LogP contribution in [0.2, 0.25) is 0 Å². The Kier molecular flexibility index (Phi) is 7.91. The van der Waals surface area contributed by atoms with E-state index in [1.807, 2.05) is 55.6 Å². The number of nitrogens with one attached hydrogen (secondary N) is 2. The molecule has 2 amide bonds. The minimum Gasteiger partial charge on any atom is -0.346 e. The molecule has 0 aliphatic rings. The maximum absolute atomic E-state index is 11.9. The van der Waals surface area contributed by atoms with Crippen LogP contribution in [0.25, 0.3) is 10.4 Å². The van der Waals surface area contributed by atoms with E-state index in [2.05, 4.69) is 10.6 Å². The van der Waals surface area contributed by atoms with Crippen LogP contribution in [0.4, 0.5) is 5.69 Å². The minimum atomic E-state index is -0.607. The first kappa shape index (κ1) is 20.2. The van der Waals surface area contributed by atoms with Gasteiger partial charge >= 0.3 is 0 Å². The highest BCUT2D eigenvalue weighted by Gasteiger charge is 2.17. The summed E-state index contributed by atoms with van der Waals surface area (Å²) in [5.41, 5.74) is 7.47. The number of amides is 2. The number of rotatable bonds is 6. The SMILES string of the molecule is CC(C)[C@H](N)C(=O)NCC(=O)Nc1cccc(-c2cccs2)c1.Cl. The van der Waals surface area contributed by atoms with Gasteiger partial charge in [0, 0.05) is 10.6 Å². The highest BCUT2D eigenvalue weighted by atomic mass is 35.5. The van der Waals surface area contributed by atoms with Crippen LogP contribution >= 0.6 is 23.7 Å². The van der Waals surface area contributed by atoms with Crippen LogP contribution in [0.15, 0.2) is 41.8 Å². The number of hydrogen-bond acceptors (Lipinski definition) is 4. The molecule has 1 aromatic carbocycles. The lowest BCUT2D eigenvalue weighted by Crippen LogP contribution is -2.46. The summed E-state index contributed by atoms with van der Waals surface area (Å²) in [5, 5.41) is 7.34. The fourth-order valence-corrected chi connectivity index (χ4v) is 2.71. The Morgan fingerprint density at radius 3 is 2.58 bits per heavy atom. The standard InChI is InChI=1S/C17H21N3O2S.ClH/c1-11(2)16(18)17(22)19-10-15(21)20-13-6-3-5-12(9-13)14-7-4-8-23-14;/h3-9,11,16H,10,18H2,1-2H3,(H,19,22)(H,20,21);1H/t16-;/m0./s1. The van der Waals surface area contributed by atoms with Crippen LogP contribution in [0.5, 0.6) is 0 Å². The van der Waals surface area contributed by atoms with E-state index in [0.717, 1.165) is 10.4 Å². The Morgan fingerprint density at radius 2 is 1.96 bits per heavy atom. The number of hydrogen-bond donors (Lipinski definition) is 3. The molecule has 0 unspecified atom stereocenters. The molecule has 1 atom stereocenters. The van der Waals surface area contributed by atoms with Crippen molar-refractivity contribution in [2.75, 3.05) is 11.9 Å². The van der Waals surface area contributed by atoms with Crippen molar-refractivity contribution < 1.29 is 9.59 Å². The van der Waals surface area contributed by atoms with E-state index in [1.54, 1.807) is 11.3 Å². The van der Waals surface area contributed by atoms with Gasteiger partial charge in [-0.2, -0.15) is 0 Å². The Hall–Kier alpha value is -1.89. The molecule has 0 spiro atoms. The summed E-state index contributed by atoms with van der Waals surface area (Å²) in [6.45, 7) is 3.63. The minimum absolute atomic E-state index is 0. The average Bonchev–Trinajstić information content (AvgIpc) is 3.06. The van der Waals surface area contributed by atoms with Gasteiger partial charge in [0.2, 0.25) is 11.8 Å². The van der Waals surface area contributed by atoms with Gasteiger partial charge in [-0.25, -0.2) is 0 Å². The van der Waals surface area contributed by atoms with E-state index < -0.39 is 6.04 Å². The molecule has 1 heterocycles. The van der Waals surface area contributed by atoms with Crippen LogP contribution in [-0.4, -0.2) is 24.4 Å². The summed E-state index contributed by atoms with van der Waals surface area (Å²) >= 11 is 1.64. The number of anilines is 1. The van der Waals surface area contributed by atoms with Gasteiger partial charge in [0.25, 0.3) is 0 Å². The van der Waals surface area contributed by atoms with E-state index in [1.165, 1.54) is 0 Å². The Balaban J connectivity index is 0.00000288. The van der Waals surface area contributed by atoms with Crippen LogP contribution < -0.4 is 16.4 Å². The quantitative estimate of drug-likeness (QED) is 0.734. The predicted octanol–water partition coefficient (Wildman–Crippen LogP) is 2.87. The fourth-order valence-electron chi connectivity index (χ4n) is 1.99. The van der Waals surface area contributed by atoms with E-state index in [9.17, 15) is 9.59 Å². The molecular formula is C17H22ClN3O2S. The van der Waals surface area contributed by atoms with Crippen molar-refractivity contribution in [2.24, 2.45) is 11.7 Å². The van der Waals surface area contributed by atoms with Crippen molar-refractivity contribution in [3.8, 4) is 10.4 Å². The number of nitrogens with two attached hydrogens (primary N) is 1. The van der Waals surface area contributed by atoms with Gasteiger partial charge in [0.1, 0.15) is 0 Å². The Morgan fingerprint density at radius 1 is 1.21 bits per heavy atom. The summed E-state index contributed by atoms with van der Waals surface area (Å²) < 4.78 is 0. The first-order valence-electron chi connectivity index (χ1n) is 7.44. The molecule has 0 aliphatic carbocycles. The number of carbonyl (C=O) groups excluding carboxylic acids is 2. The Labute approximate surface area is 152 Å². The summed E-state index contributed by atoms with van der Waals surface area (Å²) in [6, 6.07) is 11.0. The van der Waals surface area contributed by atoms with Gasteiger partial charge in [-0.15, -0.1) is 23.7 Å². The van der Waals surface area contributed by atoms with E-state index in [4.69, 9.17) is 5.73 Å². The molecular weight excluding hydrogens is 346 g/mol. The lowest BCUT2D eigenvalue weighted by atomic mass is 10.1. The second-order valence-corrected chi connectivity index (χ2v) is 6.54. The van der Waals surface area contributed by atoms with E-state index in [-0.39, 0.29) is 36.7 Å². The summed E-state index contributed by atoms with van der Waals surface area (Å²) in [7, 11) is 0. The van der Waals surface area contributed by atoms with Crippen molar-refractivity contribution in [1.82, 2.24) is 5.32 Å². The molecule has 2 rings (SSSR count). The van der Waals surface area contributed by atoms with Crippen molar-refractivity contribution in [1.29, 1.82) is 0 Å². The second-order valence-electron chi connectivity index (χ2n) is 5.59. The largest absolute Gasteiger partial charge is 0.346 e. The second kappa shape index (κ2) is 9.42. The monoisotopic (exact) mass is 367 g/mol. The predicted molar refractivity (Wildman–Crippen MR) is 101 cm³/mol. The zero-order chi connectivity index (χ0) is 16.8. The van der Waals surface area contributed by atoms with Gasteiger partial charge in [0.05, 0.1) is 12.6 Å². The molecule has 0 saturated carbocycles. The van der Waals surface area contributed by atoms with Crippen molar-refractivity contribution in [3.05, 3.63) is 41.8 Å². The number of halogens is 1. The molecule has 0 radical (unpaired) electrons.